The summed E-state index contributed by atoms with van der Waals surface area (Å²) in [5.74, 6) is 2.89. The number of benzene rings is 1. The third-order valence-corrected chi connectivity index (χ3v) is 3.65. The normalized spacial score (nSPS) is 16.8. The van der Waals surface area contributed by atoms with Crippen molar-refractivity contribution >= 4 is 0 Å². The predicted octanol–water partition coefficient (Wildman–Crippen LogP) is 2.04. The van der Waals surface area contributed by atoms with Crippen LogP contribution in [0.4, 0.5) is 0 Å². The van der Waals surface area contributed by atoms with Crippen LogP contribution in [0.2, 0.25) is 0 Å². The topological polar surface area (TPSA) is 39.7 Å². The minimum absolute atomic E-state index is 0.420. The second-order valence-corrected chi connectivity index (χ2v) is 5.00. The van der Waals surface area contributed by atoms with Crippen LogP contribution in [0.3, 0.4) is 0 Å². The van der Waals surface area contributed by atoms with E-state index >= 15 is 0 Å². The number of ether oxygens (including phenoxy) is 3. The molecule has 1 aromatic carbocycles. The summed E-state index contributed by atoms with van der Waals surface area (Å²) in [5, 5.41) is 3.27. The van der Waals surface area contributed by atoms with Gasteiger partial charge >= 0.3 is 0 Å². The maximum absolute atomic E-state index is 5.49. The average molecular weight is 265 g/mol. The highest BCUT2D eigenvalue weighted by atomic mass is 16.5. The van der Waals surface area contributed by atoms with Crippen LogP contribution in [-0.2, 0) is 4.74 Å². The highest BCUT2D eigenvalue weighted by Crippen LogP contribution is 2.35. The molecule has 1 atom stereocenters. The first-order valence-electron chi connectivity index (χ1n) is 6.72. The Morgan fingerprint density at radius 3 is 2.63 bits per heavy atom. The van der Waals surface area contributed by atoms with E-state index in [0.717, 1.165) is 37.7 Å². The first-order valence-corrected chi connectivity index (χ1v) is 6.72. The Bertz CT molecular complexity index is 404. The number of likely N-dealkylation sites (N-methyl/N-ethyl adjacent to an activating group) is 1. The van der Waals surface area contributed by atoms with Crippen LogP contribution in [0.5, 0.6) is 11.5 Å². The second kappa shape index (κ2) is 6.78. The van der Waals surface area contributed by atoms with Gasteiger partial charge in [-0.05, 0) is 31.7 Å². The van der Waals surface area contributed by atoms with Gasteiger partial charge in [-0.2, -0.15) is 0 Å². The maximum Gasteiger partial charge on any atom is 0.122 e. The molecule has 0 aromatic heterocycles. The zero-order chi connectivity index (χ0) is 13.7. The van der Waals surface area contributed by atoms with E-state index in [1.54, 1.807) is 14.2 Å². The molecule has 1 heterocycles. The Balaban J connectivity index is 2.21. The Labute approximate surface area is 115 Å². The molecular weight excluding hydrogens is 242 g/mol. The molecule has 0 spiro atoms. The van der Waals surface area contributed by atoms with Crippen molar-refractivity contribution in [3.63, 3.8) is 0 Å². The molecule has 106 valence electrons. The smallest absolute Gasteiger partial charge is 0.122 e. The van der Waals surface area contributed by atoms with E-state index in [9.17, 15) is 0 Å². The first-order chi connectivity index (χ1) is 9.28. The molecule has 4 nitrogen and oxygen atoms in total. The summed E-state index contributed by atoms with van der Waals surface area (Å²) in [7, 11) is 5.39. The van der Waals surface area contributed by atoms with Gasteiger partial charge in [0.05, 0.1) is 27.4 Å². The lowest BCUT2D eigenvalue weighted by molar-refractivity contribution is -0.0385. The lowest BCUT2D eigenvalue weighted by Gasteiger charge is -2.30. The Kier molecular flexibility index (Phi) is 5.05. The third-order valence-electron chi connectivity index (χ3n) is 3.65. The number of rotatable bonds is 7. The zero-order valence-corrected chi connectivity index (χ0v) is 11.9. The van der Waals surface area contributed by atoms with Crippen molar-refractivity contribution in [3.05, 3.63) is 23.8 Å². The quantitative estimate of drug-likeness (QED) is 0.819. The zero-order valence-electron chi connectivity index (χ0n) is 11.9. The molecule has 1 unspecified atom stereocenters. The summed E-state index contributed by atoms with van der Waals surface area (Å²) < 4.78 is 16.1. The summed E-state index contributed by atoms with van der Waals surface area (Å²) >= 11 is 0. The van der Waals surface area contributed by atoms with E-state index in [2.05, 4.69) is 11.4 Å². The summed E-state index contributed by atoms with van der Waals surface area (Å²) in [4.78, 5) is 0. The highest BCUT2D eigenvalue weighted by Gasteiger charge is 2.25. The van der Waals surface area contributed by atoms with Crippen LogP contribution in [0, 0.1) is 5.92 Å². The standard InChI is InChI=1S/C15H23NO3/c1-16-8-12(6-11-9-19-10-11)14-7-13(17-2)4-5-15(14)18-3/h4-5,7,11-12,16H,6,8-10H2,1-3H3. The molecule has 0 aliphatic carbocycles. The molecule has 2 rings (SSSR count). The van der Waals surface area contributed by atoms with Gasteiger partial charge in [0.15, 0.2) is 0 Å². The number of hydrogen-bond acceptors (Lipinski definition) is 4. The molecule has 4 heteroatoms. The van der Waals surface area contributed by atoms with Crippen molar-refractivity contribution < 1.29 is 14.2 Å². The van der Waals surface area contributed by atoms with Gasteiger partial charge in [0.2, 0.25) is 0 Å². The minimum Gasteiger partial charge on any atom is -0.497 e. The molecule has 0 amide bonds. The van der Waals surface area contributed by atoms with Crippen molar-refractivity contribution in [3.8, 4) is 11.5 Å². The van der Waals surface area contributed by atoms with Gasteiger partial charge in [0, 0.05) is 23.9 Å². The van der Waals surface area contributed by atoms with Gasteiger partial charge in [-0.25, -0.2) is 0 Å². The summed E-state index contributed by atoms with van der Waals surface area (Å²) in [6, 6.07) is 6.00. The van der Waals surface area contributed by atoms with E-state index in [1.807, 2.05) is 19.2 Å². The van der Waals surface area contributed by atoms with Gasteiger partial charge in [0.25, 0.3) is 0 Å². The second-order valence-electron chi connectivity index (χ2n) is 5.00. The van der Waals surface area contributed by atoms with E-state index in [4.69, 9.17) is 14.2 Å². The van der Waals surface area contributed by atoms with Crippen molar-refractivity contribution in [1.82, 2.24) is 5.32 Å². The molecule has 1 N–H and O–H groups in total. The Morgan fingerprint density at radius 2 is 2.11 bits per heavy atom. The van der Waals surface area contributed by atoms with Crippen molar-refractivity contribution in [1.29, 1.82) is 0 Å². The fourth-order valence-electron chi connectivity index (χ4n) is 2.55. The summed E-state index contributed by atoms with van der Waals surface area (Å²) in [5.41, 5.74) is 1.21. The van der Waals surface area contributed by atoms with Gasteiger partial charge in [0.1, 0.15) is 11.5 Å². The monoisotopic (exact) mass is 265 g/mol. The van der Waals surface area contributed by atoms with Crippen LogP contribution >= 0.6 is 0 Å². The molecule has 0 saturated carbocycles. The molecule has 19 heavy (non-hydrogen) atoms. The first kappa shape index (κ1) is 14.2. The largest absolute Gasteiger partial charge is 0.497 e. The van der Waals surface area contributed by atoms with Crippen LogP contribution in [0.1, 0.15) is 17.9 Å². The lowest BCUT2D eigenvalue weighted by atomic mass is 9.87. The minimum atomic E-state index is 0.420. The molecule has 1 fully saturated rings. The molecule has 0 bridgehead atoms. The van der Waals surface area contributed by atoms with Crippen LogP contribution < -0.4 is 14.8 Å². The third kappa shape index (κ3) is 3.39. The van der Waals surface area contributed by atoms with E-state index in [1.165, 1.54) is 5.56 Å². The van der Waals surface area contributed by atoms with Crippen molar-refractivity contribution in [2.45, 2.75) is 12.3 Å². The molecule has 1 aliphatic heterocycles. The van der Waals surface area contributed by atoms with Crippen molar-refractivity contribution in [2.75, 3.05) is 41.0 Å². The fourth-order valence-corrected chi connectivity index (χ4v) is 2.55. The average Bonchev–Trinajstić information content (AvgIpc) is 2.40. The number of hydrogen-bond donors (Lipinski definition) is 1. The number of methoxy groups -OCH3 is 2. The maximum atomic E-state index is 5.49. The Morgan fingerprint density at radius 1 is 1.32 bits per heavy atom. The van der Waals surface area contributed by atoms with Gasteiger partial charge < -0.3 is 19.5 Å². The van der Waals surface area contributed by atoms with E-state index in [0.29, 0.717) is 11.8 Å². The fraction of sp³-hybridized carbons (Fsp3) is 0.600. The van der Waals surface area contributed by atoms with Crippen molar-refractivity contribution in [2.24, 2.45) is 5.92 Å². The molecule has 1 aliphatic rings. The lowest BCUT2D eigenvalue weighted by Crippen LogP contribution is -2.31. The SMILES string of the molecule is CNCC(CC1COC1)c1cc(OC)ccc1OC. The van der Waals surface area contributed by atoms with Gasteiger partial charge in [-0.1, -0.05) is 0 Å². The number of nitrogens with one attached hydrogen (secondary N) is 1. The molecule has 1 saturated heterocycles. The Hall–Kier alpha value is -1.26. The van der Waals surface area contributed by atoms with Crippen LogP contribution in [-0.4, -0.2) is 41.0 Å². The van der Waals surface area contributed by atoms with E-state index < -0.39 is 0 Å². The van der Waals surface area contributed by atoms with Gasteiger partial charge in [-0.15, -0.1) is 0 Å². The van der Waals surface area contributed by atoms with E-state index in [-0.39, 0.29) is 0 Å². The van der Waals surface area contributed by atoms with Gasteiger partial charge in [-0.3, -0.25) is 0 Å². The summed E-state index contributed by atoms with van der Waals surface area (Å²) in [6.45, 7) is 2.69. The van der Waals surface area contributed by atoms with Crippen LogP contribution in [0.15, 0.2) is 18.2 Å². The predicted molar refractivity (Wildman–Crippen MR) is 75.1 cm³/mol. The molecule has 1 aromatic rings. The highest BCUT2D eigenvalue weighted by molar-refractivity contribution is 5.42. The summed E-state index contributed by atoms with van der Waals surface area (Å²) in [6.07, 6.45) is 1.12. The van der Waals surface area contributed by atoms with Crippen LogP contribution in [0.25, 0.3) is 0 Å². The molecular formula is C15H23NO3. The molecule has 0 radical (unpaired) electrons.